The fraction of sp³-hybridized carbons (Fsp3) is 0.150. The van der Waals surface area contributed by atoms with Gasteiger partial charge in [0.1, 0.15) is 22.9 Å². The lowest BCUT2D eigenvalue weighted by Crippen LogP contribution is -2.39. The van der Waals surface area contributed by atoms with E-state index < -0.39 is 11.8 Å². The Balaban J connectivity index is 0.980. The second-order valence-electron chi connectivity index (χ2n) is 12.9. The van der Waals surface area contributed by atoms with Gasteiger partial charge in [0.15, 0.2) is 11.4 Å². The third-order valence-corrected chi connectivity index (χ3v) is 9.74. The smallest absolute Gasteiger partial charge is 0.277 e. The number of anilines is 2. The van der Waals surface area contributed by atoms with Crippen LogP contribution >= 0.6 is 0 Å². The number of aromatic nitrogens is 4. The normalized spacial score (nSPS) is 13.8. The number of fused-ring (bicyclic) bond motifs is 2. The van der Waals surface area contributed by atoms with Gasteiger partial charge in [-0.25, -0.2) is 9.36 Å². The number of rotatable bonds is 10. The van der Waals surface area contributed by atoms with E-state index in [-0.39, 0.29) is 34.6 Å². The van der Waals surface area contributed by atoms with Gasteiger partial charge in [-0.05, 0) is 110 Å². The van der Waals surface area contributed by atoms with Gasteiger partial charge in [0.05, 0.1) is 37.0 Å². The third-order valence-electron chi connectivity index (χ3n) is 9.74. The standard InChI is InChI=1S/C40H34N10O6/c1-55-29-15-11-27(12-16-29)49-35-31(33(45-49)37(41)51)19-21-47(39(35)53)25-7-3-23(4-8-25)43-44-24-5-9-26(10-6-24)48-22-20-32-34(38(42)52)46-50(36(32)40(48)54)28-13-17-30(56-2)18-14-28/h3-18H,19-22H2,1-2H3,(H2,41,51)(H2,42,52)/b44-43+. The minimum Gasteiger partial charge on any atom is -0.497 e. The Labute approximate surface area is 319 Å². The molecule has 16 nitrogen and oxygen atoms in total. The first kappa shape index (κ1) is 35.4. The largest absolute Gasteiger partial charge is 0.497 e. The summed E-state index contributed by atoms with van der Waals surface area (Å²) in [6.07, 6.45) is 0.774. The molecule has 0 fully saturated rings. The van der Waals surface area contributed by atoms with Crippen LogP contribution in [0.25, 0.3) is 11.4 Å². The van der Waals surface area contributed by atoms with Crippen LogP contribution in [0, 0.1) is 0 Å². The summed E-state index contributed by atoms with van der Waals surface area (Å²) in [6.45, 7) is 0.648. The molecule has 2 aliphatic rings. The molecule has 4 aromatic carbocycles. The summed E-state index contributed by atoms with van der Waals surface area (Å²) in [5.41, 5.74) is 16.5. The van der Waals surface area contributed by atoms with Crippen molar-refractivity contribution in [3.05, 3.63) is 131 Å². The zero-order valence-electron chi connectivity index (χ0n) is 30.2. The van der Waals surface area contributed by atoms with E-state index in [9.17, 15) is 19.2 Å². The molecule has 280 valence electrons. The number of hydrogen-bond donors (Lipinski definition) is 2. The molecule has 4 N–H and O–H groups in total. The van der Waals surface area contributed by atoms with E-state index in [1.807, 2.05) is 0 Å². The molecule has 0 radical (unpaired) electrons. The predicted octanol–water partition coefficient (Wildman–Crippen LogP) is 5.09. The fourth-order valence-electron chi connectivity index (χ4n) is 6.94. The van der Waals surface area contributed by atoms with Crippen molar-refractivity contribution in [3.63, 3.8) is 0 Å². The zero-order chi connectivity index (χ0) is 39.1. The van der Waals surface area contributed by atoms with Gasteiger partial charge in [-0.1, -0.05) is 0 Å². The van der Waals surface area contributed by atoms with Gasteiger partial charge < -0.3 is 30.7 Å². The lowest BCUT2D eigenvalue weighted by molar-refractivity contribution is 0.0964. The average molecular weight is 751 g/mol. The molecule has 0 saturated carbocycles. The number of ether oxygens (including phenoxy) is 2. The number of methoxy groups -OCH3 is 2. The summed E-state index contributed by atoms with van der Waals surface area (Å²) < 4.78 is 13.4. The van der Waals surface area contributed by atoms with Gasteiger partial charge in [0.25, 0.3) is 23.6 Å². The van der Waals surface area contributed by atoms with Gasteiger partial charge in [-0.3, -0.25) is 19.2 Å². The molecule has 0 saturated heterocycles. The molecule has 2 aliphatic heterocycles. The number of azo groups is 1. The van der Waals surface area contributed by atoms with Gasteiger partial charge in [-0.2, -0.15) is 20.4 Å². The molecule has 4 heterocycles. The molecular weight excluding hydrogens is 717 g/mol. The van der Waals surface area contributed by atoms with E-state index in [0.717, 1.165) is 0 Å². The minimum absolute atomic E-state index is 0.0697. The van der Waals surface area contributed by atoms with Crippen LogP contribution in [0.3, 0.4) is 0 Å². The van der Waals surface area contributed by atoms with Crippen LogP contribution in [0.2, 0.25) is 0 Å². The first-order chi connectivity index (χ1) is 27.1. The van der Waals surface area contributed by atoms with E-state index in [2.05, 4.69) is 20.4 Å². The van der Waals surface area contributed by atoms with Crippen molar-refractivity contribution >= 4 is 46.4 Å². The number of benzene rings is 4. The van der Waals surface area contributed by atoms with Crippen molar-refractivity contribution in [2.75, 3.05) is 37.1 Å². The molecule has 16 heteroatoms. The van der Waals surface area contributed by atoms with Crippen LogP contribution in [0.1, 0.15) is 53.1 Å². The molecule has 0 spiro atoms. The molecule has 0 aliphatic carbocycles. The van der Waals surface area contributed by atoms with Crippen molar-refractivity contribution in [1.82, 2.24) is 19.6 Å². The van der Waals surface area contributed by atoms with Crippen LogP contribution < -0.4 is 30.7 Å². The van der Waals surface area contributed by atoms with Crippen LogP contribution in [-0.4, -0.2) is 70.5 Å². The van der Waals surface area contributed by atoms with Crippen LogP contribution in [0.15, 0.2) is 107 Å². The van der Waals surface area contributed by atoms with Gasteiger partial charge in [-0.15, -0.1) is 0 Å². The summed E-state index contributed by atoms with van der Waals surface area (Å²) in [5, 5.41) is 17.6. The van der Waals surface area contributed by atoms with E-state index in [4.69, 9.17) is 20.9 Å². The Bertz CT molecular complexity index is 2360. The molecule has 2 aromatic heterocycles. The summed E-state index contributed by atoms with van der Waals surface area (Å²) >= 11 is 0. The summed E-state index contributed by atoms with van der Waals surface area (Å²) in [6, 6.07) is 28.1. The Hall–Kier alpha value is -7.62. The summed E-state index contributed by atoms with van der Waals surface area (Å²) in [4.78, 5) is 55.6. The molecule has 8 rings (SSSR count). The average Bonchev–Trinajstić information content (AvgIpc) is 3.82. The Morgan fingerprint density at radius 3 is 1.21 bits per heavy atom. The number of amides is 4. The van der Waals surface area contributed by atoms with Crippen LogP contribution in [-0.2, 0) is 12.8 Å². The van der Waals surface area contributed by atoms with Crippen molar-refractivity contribution in [1.29, 1.82) is 0 Å². The van der Waals surface area contributed by atoms with Crippen molar-refractivity contribution in [3.8, 4) is 22.9 Å². The molecular formula is C40H34N10O6. The van der Waals surface area contributed by atoms with Crippen molar-refractivity contribution in [2.45, 2.75) is 12.8 Å². The van der Waals surface area contributed by atoms with Crippen molar-refractivity contribution < 1.29 is 28.7 Å². The van der Waals surface area contributed by atoms with Gasteiger partial charge in [0, 0.05) is 35.6 Å². The quantitative estimate of drug-likeness (QED) is 0.180. The van der Waals surface area contributed by atoms with E-state index >= 15 is 0 Å². The highest BCUT2D eigenvalue weighted by molar-refractivity contribution is 6.10. The first-order valence-corrected chi connectivity index (χ1v) is 17.5. The molecule has 4 amide bonds. The Morgan fingerprint density at radius 1 is 0.554 bits per heavy atom. The molecule has 6 aromatic rings. The molecule has 0 unspecified atom stereocenters. The lowest BCUT2D eigenvalue weighted by Gasteiger charge is -2.28. The number of carbonyl (C=O) groups is 4. The number of primary amides is 2. The third kappa shape index (κ3) is 6.27. The van der Waals surface area contributed by atoms with Gasteiger partial charge in [0.2, 0.25) is 0 Å². The highest BCUT2D eigenvalue weighted by atomic mass is 16.5. The maximum Gasteiger partial charge on any atom is 0.277 e. The maximum absolute atomic E-state index is 13.9. The monoisotopic (exact) mass is 750 g/mol. The maximum atomic E-state index is 13.9. The molecule has 0 atom stereocenters. The Kier molecular flexibility index (Phi) is 9.05. The number of carbonyl (C=O) groups excluding carboxylic acids is 4. The highest BCUT2D eigenvalue weighted by Gasteiger charge is 2.36. The van der Waals surface area contributed by atoms with E-state index in [1.54, 1.807) is 121 Å². The lowest BCUT2D eigenvalue weighted by atomic mass is 10.0. The zero-order valence-corrected chi connectivity index (χ0v) is 30.2. The fourth-order valence-corrected chi connectivity index (χ4v) is 6.94. The van der Waals surface area contributed by atoms with Crippen LogP contribution in [0.5, 0.6) is 11.5 Å². The topological polar surface area (TPSA) is 206 Å². The summed E-state index contributed by atoms with van der Waals surface area (Å²) in [7, 11) is 3.12. The van der Waals surface area contributed by atoms with Crippen molar-refractivity contribution in [2.24, 2.45) is 21.7 Å². The number of nitrogens with two attached hydrogens (primary N) is 2. The molecule has 0 bridgehead atoms. The summed E-state index contributed by atoms with van der Waals surface area (Å²) in [5.74, 6) is -0.772. The number of hydrogen-bond acceptors (Lipinski definition) is 10. The van der Waals surface area contributed by atoms with Crippen LogP contribution in [0.4, 0.5) is 22.7 Å². The Morgan fingerprint density at radius 2 is 0.893 bits per heavy atom. The van der Waals surface area contributed by atoms with E-state index in [0.29, 0.717) is 82.7 Å². The number of nitrogens with zero attached hydrogens (tertiary/aromatic N) is 8. The van der Waals surface area contributed by atoms with E-state index in [1.165, 1.54) is 9.36 Å². The highest BCUT2D eigenvalue weighted by Crippen LogP contribution is 2.33. The molecule has 56 heavy (non-hydrogen) atoms. The second kappa shape index (κ2) is 14.3. The minimum atomic E-state index is -0.702. The second-order valence-corrected chi connectivity index (χ2v) is 12.9. The first-order valence-electron chi connectivity index (χ1n) is 17.5. The SMILES string of the molecule is COc1ccc(-n2nc(C(N)=O)c3c2C(=O)N(c2ccc(/N=N/c4ccc(N5CCc6c(C(N)=O)nn(-c7ccc(OC)cc7)c6C5=O)cc4)cc2)CC3)cc1. The predicted molar refractivity (Wildman–Crippen MR) is 205 cm³/mol. The van der Waals surface area contributed by atoms with Gasteiger partial charge >= 0.3 is 0 Å².